The second-order valence-electron chi connectivity index (χ2n) is 5.30. The lowest BCUT2D eigenvalue weighted by Crippen LogP contribution is -2.48. The summed E-state index contributed by atoms with van der Waals surface area (Å²) < 4.78 is 31.0. The lowest BCUT2D eigenvalue weighted by Gasteiger charge is -2.23. The average molecular weight is 413 g/mol. The Kier molecular flexibility index (Phi) is 8.53. The van der Waals surface area contributed by atoms with Crippen LogP contribution in [0.15, 0.2) is 23.2 Å². The second kappa shape index (κ2) is 9.01. The van der Waals surface area contributed by atoms with Gasteiger partial charge in [-0.05, 0) is 32.9 Å². The predicted molar refractivity (Wildman–Crippen MR) is 91.5 cm³/mol. The molecule has 2 N–H and O–H groups in total. The standard InChI is InChI=1S/C14H21F2N3O.HI/c1-14(2,3)19-13(17-4)18-7-8-20-10-5-6-11(15)12(16)9-10;/h5-6,9H,7-8H2,1-4H3,(H2,17,18,19);1H. The first-order valence-electron chi connectivity index (χ1n) is 6.38. The number of ether oxygens (including phenoxy) is 1. The predicted octanol–water partition coefficient (Wildman–Crippen LogP) is 2.93. The summed E-state index contributed by atoms with van der Waals surface area (Å²) in [5.41, 5.74) is -0.0945. The van der Waals surface area contributed by atoms with Gasteiger partial charge < -0.3 is 15.4 Å². The monoisotopic (exact) mass is 413 g/mol. The number of rotatable bonds is 4. The average Bonchev–Trinajstić information content (AvgIpc) is 2.36. The van der Waals surface area contributed by atoms with Gasteiger partial charge in [-0.3, -0.25) is 4.99 Å². The molecule has 0 aliphatic heterocycles. The molecule has 0 atom stereocenters. The van der Waals surface area contributed by atoms with Crippen molar-refractivity contribution in [3.63, 3.8) is 0 Å². The molecule has 21 heavy (non-hydrogen) atoms. The van der Waals surface area contributed by atoms with Gasteiger partial charge in [-0.1, -0.05) is 0 Å². The number of hydrogen-bond donors (Lipinski definition) is 2. The molecule has 0 radical (unpaired) electrons. The number of nitrogens with zero attached hydrogens (tertiary/aromatic N) is 1. The summed E-state index contributed by atoms with van der Waals surface area (Å²) in [7, 11) is 1.68. The second-order valence-corrected chi connectivity index (χ2v) is 5.30. The minimum Gasteiger partial charge on any atom is -0.492 e. The summed E-state index contributed by atoms with van der Waals surface area (Å²) >= 11 is 0. The largest absolute Gasteiger partial charge is 0.492 e. The Morgan fingerprint density at radius 3 is 2.43 bits per heavy atom. The summed E-state index contributed by atoms with van der Waals surface area (Å²) in [6.07, 6.45) is 0. The fourth-order valence-electron chi connectivity index (χ4n) is 1.44. The minimum atomic E-state index is -0.916. The van der Waals surface area contributed by atoms with E-state index in [0.29, 0.717) is 24.9 Å². The topological polar surface area (TPSA) is 45.7 Å². The summed E-state index contributed by atoms with van der Waals surface area (Å²) in [6, 6.07) is 3.45. The van der Waals surface area contributed by atoms with E-state index in [0.717, 1.165) is 12.1 Å². The van der Waals surface area contributed by atoms with Crippen LogP contribution in [0.4, 0.5) is 8.78 Å². The third-order valence-corrected chi connectivity index (χ3v) is 2.27. The van der Waals surface area contributed by atoms with Crippen molar-refractivity contribution >= 4 is 29.9 Å². The molecular formula is C14H22F2IN3O. The van der Waals surface area contributed by atoms with Gasteiger partial charge in [-0.2, -0.15) is 0 Å². The Hall–Kier alpha value is -1.12. The SMILES string of the molecule is CN=C(NCCOc1ccc(F)c(F)c1)NC(C)(C)C.I. The van der Waals surface area contributed by atoms with Crippen LogP contribution in [-0.4, -0.2) is 31.7 Å². The third kappa shape index (κ3) is 8.03. The number of guanidine groups is 1. The Morgan fingerprint density at radius 2 is 1.90 bits per heavy atom. The van der Waals surface area contributed by atoms with Gasteiger partial charge in [0.05, 0.1) is 6.54 Å². The van der Waals surface area contributed by atoms with E-state index in [1.807, 2.05) is 20.8 Å². The molecule has 0 saturated heterocycles. The van der Waals surface area contributed by atoms with E-state index < -0.39 is 11.6 Å². The Bertz CT molecular complexity index is 476. The van der Waals surface area contributed by atoms with E-state index in [1.54, 1.807) is 7.05 Å². The van der Waals surface area contributed by atoms with Crippen LogP contribution < -0.4 is 15.4 Å². The van der Waals surface area contributed by atoms with Gasteiger partial charge in [-0.15, -0.1) is 24.0 Å². The van der Waals surface area contributed by atoms with Crippen molar-refractivity contribution in [2.24, 2.45) is 4.99 Å². The van der Waals surface area contributed by atoms with Gasteiger partial charge >= 0.3 is 0 Å². The molecule has 0 unspecified atom stereocenters. The highest BCUT2D eigenvalue weighted by Crippen LogP contribution is 2.14. The summed E-state index contributed by atoms with van der Waals surface area (Å²) in [4.78, 5) is 4.07. The fraction of sp³-hybridized carbons (Fsp3) is 0.500. The molecule has 0 aliphatic rings. The first kappa shape index (κ1) is 19.9. The molecule has 1 rings (SSSR count). The molecule has 0 fully saturated rings. The molecule has 0 aromatic heterocycles. The molecule has 120 valence electrons. The molecule has 0 amide bonds. The van der Waals surface area contributed by atoms with E-state index >= 15 is 0 Å². The quantitative estimate of drug-likeness (QED) is 0.346. The van der Waals surface area contributed by atoms with Crippen molar-refractivity contribution < 1.29 is 13.5 Å². The van der Waals surface area contributed by atoms with Gasteiger partial charge in [-0.25, -0.2) is 8.78 Å². The first-order valence-corrected chi connectivity index (χ1v) is 6.38. The van der Waals surface area contributed by atoms with Gasteiger partial charge in [0.15, 0.2) is 17.6 Å². The van der Waals surface area contributed by atoms with Crippen LogP contribution in [0.3, 0.4) is 0 Å². The van der Waals surface area contributed by atoms with Crippen LogP contribution >= 0.6 is 24.0 Å². The zero-order valence-corrected chi connectivity index (χ0v) is 15.0. The van der Waals surface area contributed by atoms with E-state index in [-0.39, 0.29) is 29.5 Å². The van der Waals surface area contributed by atoms with Gasteiger partial charge in [0.25, 0.3) is 0 Å². The van der Waals surface area contributed by atoms with Crippen LogP contribution in [0, 0.1) is 11.6 Å². The van der Waals surface area contributed by atoms with Crippen LogP contribution in [-0.2, 0) is 0 Å². The molecule has 0 bridgehead atoms. The zero-order valence-electron chi connectivity index (χ0n) is 12.7. The lowest BCUT2D eigenvalue weighted by atomic mass is 10.1. The van der Waals surface area contributed by atoms with E-state index in [2.05, 4.69) is 15.6 Å². The lowest BCUT2D eigenvalue weighted by molar-refractivity contribution is 0.318. The van der Waals surface area contributed by atoms with Crippen molar-refractivity contribution in [3.8, 4) is 5.75 Å². The normalized spacial score (nSPS) is 11.6. The summed E-state index contributed by atoms with van der Waals surface area (Å²) in [5, 5.41) is 6.26. The molecule has 7 heteroatoms. The molecular weight excluding hydrogens is 391 g/mol. The van der Waals surface area contributed by atoms with Crippen LogP contribution in [0.25, 0.3) is 0 Å². The number of aliphatic imine (C=N–C) groups is 1. The highest BCUT2D eigenvalue weighted by atomic mass is 127. The fourth-order valence-corrected chi connectivity index (χ4v) is 1.44. The van der Waals surface area contributed by atoms with Gasteiger partial charge in [0.1, 0.15) is 12.4 Å². The van der Waals surface area contributed by atoms with Gasteiger partial charge in [0, 0.05) is 18.7 Å². The summed E-state index contributed by atoms with van der Waals surface area (Å²) in [5.74, 6) is -0.846. The van der Waals surface area contributed by atoms with Crippen molar-refractivity contribution in [1.82, 2.24) is 10.6 Å². The zero-order chi connectivity index (χ0) is 15.2. The van der Waals surface area contributed by atoms with E-state index in [9.17, 15) is 8.78 Å². The van der Waals surface area contributed by atoms with Crippen LogP contribution in [0.2, 0.25) is 0 Å². The molecule has 4 nitrogen and oxygen atoms in total. The Balaban J connectivity index is 0.00000400. The number of benzene rings is 1. The van der Waals surface area contributed by atoms with E-state index in [4.69, 9.17) is 4.74 Å². The highest BCUT2D eigenvalue weighted by molar-refractivity contribution is 14.0. The maximum Gasteiger partial charge on any atom is 0.191 e. The maximum atomic E-state index is 13.0. The molecule has 1 aromatic rings. The maximum absolute atomic E-state index is 13.0. The number of hydrogen-bond acceptors (Lipinski definition) is 2. The van der Waals surface area contributed by atoms with Crippen molar-refractivity contribution in [1.29, 1.82) is 0 Å². The molecule has 0 spiro atoms. The van der Waals surface area contributed by atoms with Crippen LogP contribution in [0.5, 0.6) is 5.75 Å². The van der Waals surface area contributed by atoms with Crippen LogP contribution in [0.1, 0.15) is 20.8 Å². The molecule has 1 aromatic carbocycles. The molecule has 0 aliphatic carbocycles. The molecule has 0 saturated carbocycles. The van der Waals surface area contributed by atoms with Crippen molar-refractivity contribution in [2.45, 2.75) is 26.3 Å². The summed E-state index contributed by atoms with van der Waals surface area (Å²) in [6.45, 7) is 6.89. The first-order chi connectivity index (χ1) is 9.31. The number of halogens is 3. The number of nitrogens with one attached hydrogen (secondary N) is 2. The molecule has 0 heterocycles. The van der Waals surface area contributed by atoms with Crippen molar-refractivity contribution in [2.75, 3.05) is 20.2 Å². The highest BCUT2D eigenvalue weighted by Gasteiger charge is 2.11. The van der Waals surface area contributed by atoms with E-state index in [1.165, 1.54) is 6.07 Å². The Labute approximate surface area is 141 Å². The van der Waals surface area contributed by atoms with Gasteiger partial charge in [0.2, 0.25) is 0 Å². The minimum absolute atomic E-state index is 0. The Morgan fingerprint density at radius 1 is 1.24 bits per heavy atom. The smallest absolute Gasteiger partial charge is 0.191 e. The third-order valence-electron chi connectivity index (χ3n) is 2.27. The van der Waals surface area contributed by atoms with Crippen molar-refractivity contribution in [3.05, 3.63) is 29.8 Å².